The number of anilines is 1. The summed E-state index contributed by atoms with van der Waals surface area (Å²) in [5, 5.41) is 6.43. The quantitative estimate of drug-likeness (QED) is 0.276. The Kier molecular flexibility index (Phi) is 10.8. The highest BCUT2D eigenvalue weighted by Crippen LogP contribution is 2.21. The standard InChI is InChI=1S/C23H26FN5.C6H13N/c1-4-6-9-21(20-10-7-8-13-26-20)28-23(22-17(5-2)12-15-29(22)3)27-19-11-14-25-16-18(19)24;1-2-3-6-4-7-5-6/h7-16H,4-6H2,1-3H3,(H,25,27,28);6-7H,2-5H2,1H3/b21-9+;. The number of unbranched alkanes of at least 4 members (excludes halogenated alkanes) is 1. The van der Waals surface area contributed by atoms with Gasteiger partial charge >= 0.3 is 0 Å². The fourth-order valence-corrected chi connectivity index (χ4v) is 4.01. The van der Waals surface area contributed by atoms with Crippen LogP contribution < -0.4 is 10.6 Å². The van der Waals surface area contributed by atoms with Crippen LogP contribution in [0, 0.1) is 11.7 Å². The number of halogens is 1. The van der Waals surface area contributed by atoms with E-state index in [1.807, 2.05) is 36.0 Å². The molecule has 36 heavy (non-hydrogen) atoms. The molecular weight excluding hydrogens is 451 g/mol. The lowest BCUT2D eigenvalue weighted by molar-refractivity contribution is 0.325. The molecule has 1 saturated heterocycles. The van der Waals surface area contributed by atoms with Gasteiger partial charge in [0.25, 0.3) is 0 Å². The predicted octanol–water partition coefficient (Wildman–Crippen LogP) is 6.22. The Morgan fingerprint density at radius 2 is 2.00 bits per heavy atom. The Hall–Kier alpha value is -3.32. The van der Waals surface area contributed by atoms with Crippen LogP contribution in [-0.2, 0) is 13.5 Å². The topological polar surface area (TPSA) is 67.1 Å². The predicted molar refractivity (Wildman–Crippen MR) is 148 cm³/mol. The van der Waals surface area contributed by atoms with E-state index in [2.05, 4.69) is 53.5 Å². The molecule has 2 N–H and O–H groups in total. The largest absolute Gasteiger partial charge is 0.348 e. The molecule has 3 aromatic rings. The fourth-order valence-electron chi connectivity index (χ4n) is 4.01. The molecule has 4 rings (SSSR count). The second kappa shape index (κ2) is 14.3. The van der Waals surface area contributed by atoms with Gasteiger partial charge in [-0.3, -0.25) is 9.97 Å². The van der Waals surface area contributed by atoms with E-state index >= 15 is 0 Å². The van der Waals surface area contributed by atoms with Crippen LogP contribution in [0.1, 0.15) is 63.4 Å². The minimum Gasteiger partial charge on any atom is -0.348 e. The van der Waals surface area contributed by atoms with Gasteiger partial charge in [0.15, 0.2) is 11.7 Å². The van der Waals surface area contributed by atoms with Crippen LogP contribution in [0.15, 0.2) is 66.2 Å². The Bertz CT molecular complexity index is 1130. The third-order valence-corrected chi connectivity index (χ3v) is 6.14. The molecule has 0 aliphatic carbocycles. The summed E-state index contributed by atoms with van der Waals surface area (Å²) < 4.78 is 16.3. The fraction of sp³-hybridized carbons (Fsp3) is 0.414. The van der Waals surface area contributed by atoms with E-state index in [0.29, 0.717) is 11.5 Å². The van der Waals surface area contributed by atoms with Crippen molar-refractivity contribution in [2.75, 3.05) is 18.4 Å². The number of nitrogens with one attached hydrogen (secondary N) is 2. The summed E-state index contributed by atoms with van der Waals surface area (Å²) in [5.41, 5.74) is 3.92. The zero-order valence-corrected chi connectivity index (χ0v) is 22.0. The van der Waals surface area contributed by atoms with Gasteiger partial charge in [0.2, 0.25) is 0 Å². The lowest BCUT2D eigenvalue weighted by Gasteiger charge is -2.26. The summed E-state index contributed by atoms with van der Waals surface area (Å²) in [6.45, 7) is 9.00. The van der Waals surface area contributed by atoms with Crippen molar-refractivity contribution >= 4 is 17.2 Å². The summed E-state index contributed by atoms with van der Waals surface area (Å²) >= 11 is 0. The molecule has 0 unspecified atom stereocenters. The number of aromatic nitrogens is 3. The molecule has 0 aromatic carbocycles. The Morgan fingerprint density at radius 1 is 1.17 bits per heavy atom. The van der Waals surface area contributed by atoms with E-state index < -0.39 is 5.82 Å². The van der Waals surface area contributed by atoms with Crippen molar-refractivity contribution in [2.24, 2.45) is 18.0 Å². The van der Waals surface area contributed by atoms with Crippen LogP contribution in [0.4, 0.5) is 10.1 Å². The van der Waals surface area contributed by atoms with Gasteiger partial charge in [-0.05, 0) is 68.1 Å². The lowest BCUT2D eigenvalue weighted by Crippen LogP contribution is -2.41. The van der Waals surface area contributed by atoms with E-state index in [0.717, 1.165) is 47.8 Å². The third kappa shape index (κ3) is 7.59. The van der Waals surface area contributed by atoms with E-state index in [9.17, 15) is 4.39 Å². The monoisotopic (exact) mass is 490 g/mol. The number of aryl methyl sites for hydroxylation is 2. The van der Waals surface area contributed by atoms with Crippen molar-refractivity contribution in [1.29, 1.82) is 0 Å². The van der Waals surface area contributed by atoms with Gasteiger partial charge in [0.05, 0.1) is 29.0 Å². The molecule has 0 atom stereocenters. The van der Waals surface area contributed by atoms with Crippen molar-refractivity contribution in [3.8, 4) is 0 Å². The van der Waals surface area contributed by atoms with Crippen LogP contribution in [0.5, 0.6) is 0 Å². The molecule has 1 aliphatic rings. The first kappa shape index (κ1) is 27.3. The van der Waals surface area contributed by atoms with Crippen LogP contribution in [0.3, 0.4) is 0 Å². The molecule has 1 aliphatic heterocycles. The molecule has 0 bridgehead atoms. The molecule has 0 saturated carbocycles. The van der Waals surface area contributed by atoms with Crippen molar-refractivity contribution in [2.45, 2.75) is 52.9 Å². The summed E-state index contributed by atoms with van der Waals surface area (Å²) in [5.74, 6) is 1.17. The van der Waals surface area contributed by atoms with E-state index in [1.54, 1.807) is 18.5 Å². The van der Waals surface area contributed by atoms with Gasteiger partial charge in [0.1, 0.15) is 0 Å². The average molecular weight is 491 g/mol. The number of nitrogens with zero attached hydrogens (tertiary/aromatic N) is 4. The number of rotatable bonds is 9. The average Bonchev–Trinajstić information content (AvgIpc) is 3.25. The number of aliphatic imine (C=N–C) groups is 1. The second-order valence-electron chi connectivity index (χ2n) is 9.00. The van der Waals surface area contributed by atoms with Crippen molar-refractivity contribution in [3.63, 3.8) is 0 Å². The Morgan fingerprint density at radius 3 is 2.58 bits per heavy atom. The SMILES string of the molecule is CCC/C=C(/N=C(Nc1ccncc1F)c1c(CC)ccn1C)c1ccccn1.CCCC1CNC1. The maximum atomic E-state index is 14.3. The normalized spacial score (nSPS) is 14.1. The minimum atomic E-state index is -0.426. The van der Waals surface area contributed by atoms with Crippen molar-refractivity contribution in [3.05, 3.63) is 84.0 Å². The highest BCUT2D eigenvalue weighted by Gasteiger charge is 2.16. The van der Waals surface area contributed by atoms with E-state index in [4.69, 9.17) is 4.99 Å². The molecule has 0 amide bonds. The zero-order chi connectivity index (χ0) is 25.8. The van der Waals surface area contributed by atoms with Gasteiger partial charge < -0.3 is 15.2 Å². The van der Waals surface area contributed by atoms with Crippen LogP contribution in [0.2, 0.25) is 0 Å². The number of hydrogen-bond donors (Lipinski definition) is 2. The first-order valence-electron chi connectivity index (χ1n) is 13.0. The van der Waals surface area contributed by atoms with Crippen LogP contribution in [0.25, 0.3) is 5.70 Å². The van der Waals surface area contributed by atoms with Gasteiger partial charge in [0, 0.05) is 25.6 Å². The summed E-state index contributed by atoms with van der Waals surface area (Å²) in [6.07, 6.45) is 14.1. The van der Waals surface area contributed by atoms with E-state index in [-0.39, 0.29) is 0 Å². The minimum absolute atomic E-state index is 0.331. The summed E-state index contributed by atoms with van der Waals surface area (Å²) in [4.78, 5) is 13.2. The van der Waals surface area contributed by atoms with Gasteiger partial charge in [-0.25, -0.2) is 9.38 Å². The molecular formula is C29H39FN6. The van der Waals surface area contributed by atoms with Crippen molar-refractivity contribution < 1.29 is 4.39 Å². The molecule has 6 nitrogen and oxygen atoms in total. The number of amidine groups is 1. The smallest absolute Gasteiger partial charge is 0.164 e. The Labute approximate surface area is 214 Å². The van der Waals surface area contributed by atoms with Crippen LogP contribution >= 0.6 is 0 Å². The maximum absolute atomic E-state index is 14.3. The van der Waals surface area contributed by atoms with Gasteiger partial charge in [-0.1, -0.05) is 45.8 Å². The molecule has 192 valence electrons. The number of pyridine rings is 2. The molecule has 7 heteroatoms. The molecule has 0 spiro atoms. The molecule has 1 fully saturated rings. The van der Waals surface area contributed by atoms with Gasteiger partial charge in [-0.15, -0.1) is 0 Å². The zero-order valence-electron chi connectivity index (χ0n) is 22.0. The molecule has 4 heterocycles. The van der Waals surface area contributed by atoms with Crippen LogP contribution in [-0.4, -0.2) is 33.5 Å². The highest BCUT2D eigenvalue weighted by atomic mass is 19.1. The maximum Gasteiger partial charge on any atom is 0.164 e. The summed E-state index contributed by atoms with van der Waals surface area (Å²) in [7, 11) is 1.96. The highest BCUT2D eigenvalue weighted by molar-refractivity contribution is 6.10. The molecule has 0 radical (unpaired) electrons. The Balaban J connectivity index is 0.000000444. The lowest BCUT2D eigenvalue weighted by atomic mass is 9.98. The molecule has 3 aromatic heterocycles. The first-order valence-corrected chi connectivity index (χ1v) is 13.0. The number of hydrogen-bond acceptors (Lipinski definition) is 4. The van der Waals surface area contributed by atoms with Crippen molar-refractivity contribution in [1.82, 2.24) is 19.9 Å². The third-order valence-electron chi connectivity index (χ3n) is 6.14. The van der Waals surface area contributed by atoms with Gasteiger partial charge in [-0.2, -0.15) is 0 Å². The number of allylic oxidation sites excluding steroid dienone is 1. The van der Waals surface area contributed by atoms with E-state index in [1.165, 1.54) is 32.1 Å². The second-order valence-corrected chi connectivity index (χ2v) is 9.00. The summed E-state index contributed by atoms with van der Waals surface area (Å²) in [6, 6.07) is 9.42. The first-order chi connectivity index (χ1) is 17.6.